The van der Waals surface area contributed by atoms with Gasteiger partial charge in [-0.25, -0.2) is 0 Å². The predicted octanol–water partition coefficient (Wildman–Crippen LogP) is 11.7. The molecule has 2 aliphatic rings. The van der Waals surface area contributed by atoms with Gasteiger partial charge in [-0.2, -0.15) is 0 Å². The third kappa shape index (κ3) is 7.96. The van der Waals surface area contributed by atoms with E-state index in [0.29, 0.717) is 0 Å². The summed E-state index contributed by atoms with van der Waals surface area (Å²) in [6.45, 7) is 4.60. The third-order valence-corrected chi connectivity index (χ3v) is 8.82. The monoisotopic (exact) mass is 482 g/mol. The summed E-state index contributed by atoms with van der Waals surface area (Å²) < 4.78 is 0. The lowest BCUT2D eigenvalue weighted by Crippen LogP contribution is -2.05. The third-order valence-electron chi connectivity index (χ3n) is 8.82. The SMILES string of the molecule is CCCCCCCC1CC=C(c2ccc(-c3ccc(C4=CCC(CCCCC)CC4)cc3)cc2)CC1. The quantitative estimate of drug-likeness (QED) is 0.249. The lowest BCUT2D eigenvalue weighted by atomic mass is 9.83. The van der Waals surface area contributed by atoms with E-state index in [9.17, 15) is 0 Å². The Labute approximate surface area is 222 Å². The van der Waals surface area contributed by atoms with Gasteiger partial charge in [0.15, 0.2) is 0 Å². The van der Waals surface area contributed by atoms with Gasteiger partial charge in [-0.3, -0.25) is 0 Å². The average Bonchev–Trinajstić information content (AvgIpc) is 2.94. The molecule has 0 nitrogen and oxygen atoms in total. The molecule has 0 saturated heterocycles. The highest BCUT2D eigenvalue weighted by molar-refractivity contribution is 5.73. The second-order valence-corrected chi connectivity index (χ2v) is 11.6. The smallest absolute Gasteiger partial charge is 0.0184 e. The van der Waals surface area contributed by atoms with Crippen LogP contribution in [0.1, 0.15) is 128 Å². The Morgan fingerprint density at radius 1 is 0.500 bits per heavy atom. The first-order valence-corrected chi connectivity index (χ1v) is 15.4. The van der Waals surface area contributed by atoms with E-state index in [4.69, 9.17) is 0 Å². The summed E-state index contributed by atoms with van der Waals surface area (Å²) in [6, 6.07) is 18.7. The molecule has 0 amide bonds. The molecular formula is C36H50. The summed E-state index contributed by atoms with van der Waals surface area (Å²) in [7, 11) is 0. The molecule has 0 aromatic heterocycles. The van der Waals surface area contributed by atoms with E-state index in [2.05, 4.69) is 74.5 Å². The lowest BCUT2D eigenvalue weighted by molar-refractivity contribution is 0.423. The molecular weight excluding hydrogens is 432 g/mol. The summed E-state index contributed by atoms with van der Waals surface area (Å²) in [5.41, 5.74) is 8.65. The largest absolute Gasteiger partial charge is 0.0804 e. The normalized spacial score (nSPS) is 20.2. The molecule has 2 aliphatic carbocycles. The minimum absolute atomic E-state index is 0.916. The zero-order valence-corrected chi connectivity index (χ0v) is 23.2. The number of hydrogen-bond donors (Lipinski definition) is 0. The molecule has 0 saturated carbocycles. The van der Waals surface area contributed by atoms with Crippen molar-refractivity contribution in [3.05, 3.63) is 71.8 Å². The summed E-state index contributed by atoms with van der Waals surface area (Å²) in [5.74, 6) is 1.83. The lowest BCUT2D eigenvalue weighted by Gasteiger charge is -2.22. The van der Waals surface area contributed by atoms with Crippen molar-refractivity contribution in [1.29, 1.82) is 0 Å². The maximum atomic E-state index is 2.54. The first-order chi connectivity index (χ1) is 17.8. The summed E-state index contributed by atoms with van der Waals surface area (Å²) in [5, 5.41) is 0. The van der Waals surface area contributed by atoms with E-state index < -0.39 is 0 Å². The van der Waals surface area contributed by atoms with Crippen LogP contribution in [-0.4, -0.2) is 0 Å². The first-order valence-electron chi connectivity index (χ1n) is 15.4. The highest BCUT2D eigenvalue weighted by Gasteiger charge is 2.16. The number of hydrogen-bond acceptors (Lipinski definition) is 0. The molecule has 0 radical (unpaired) electrons. The molecule has 0 N–H and O–H groups in total. The van der Waals surface area contributed by atoms with Crippen molar-refractivity contribution in [3.8, 4) is 11.1 Å². The van der Waals surface area contributed by atoms with Gasteiger partial charge >= 0.3 is 0 Å². The van der Waals surface area contributed by atoms with Gasteiger partial charge < -0.3 is 0 Å². The Hall–Kier alpha value is -2.08. The molecule has 2 atom stereocenters. The molecule has 0 heterocycles. The van der Waals surface area contributed by atoms with Gasteiger partial charge in [-0.15, -0.1) is 0 Å². The van der Waals surface area contributed by atoms with Crippen molar-refractivity contribution >= 4 is 11.1 Å². The number of allylic oxidation sites excluding steroid dienone is 4. The van der Waals surface area contributed by atoms with Crippen molar-refractivity contribution in [3.63, 3.8) is 0 Å². The second kappa shape index (κ2) is 14.6. The Balaban J connectivity index is 1.27. The molecule has 4 rings (SSSR count). The van der Waals surface area contributed by atoms with Gasteiger partial charge in [0.05, 0.1) is 0 Å². The highest BCUT2D eigenvalue weighted by Crippen LogP contribution is 2.35. The minimum Gasteiger partial charge on any atom is -0.0804 e. The predicted molar refractivity (Wildman–Crippen MR) is 160 cm³/mol. The fourth-order valence-electron chi connectivity index (χ4n) is 6.30. The standard InChI is InChI=1S/C36H50/c1-3-5-7-8-10-12-30-15-19-32(20-16-30)34-23-27-36(28-24-34)35-25-21-33(22-26-35)31-17-13-29(14-18-31)11-9-6-4-2/h17,19,21-30H,3-16,18,20H2,1-2H3. The molecule has 36 heavy (non-hydrogen) atoms. The van der Waals surface area contributed by atoms with Gasteiger partial charge in [0.25, 0.3) is 0 Å². The van der Waals surface area contributed by atoms with Crippen LogP contribution in [0.2, 0.25) is 0 Å². The van der Waals surface area contributed by atoms with Crippen LogP contribution in [-0.2, 0) is 0 Å². The molecule has 0 heteroatoms. The van der Waals surface area contributed by atoms with Crippen molar-refractivity contribution in [2.45, 2.75) is 117 Å². The van der Waals surface area contributed by atoms with E-state index in [1.54, 1.807) is 11.1 Å². The van der Waals surface area contributed by atoms with Gasteiger partial charge in [-0.1, -0.05) is 139 Å². The molecule has 0 fully saturated rings. The first kappa shape index (κ1) is 27.0. The van der Waals surface area contributed by atoms with Crippen LogP contribution in [0.5, 0.6) is 0 Å². The van der Waals surface area contributed by atoms with Crippen LogP contribution >= 0.6 is 0 Å². The minimum atomic E-state index is 0.916. The maximum absolute atomic E-state index is 2.54. The van der Waals surface area contributed by atoms with Gasteiger partial charge in [-0.05, 0) is 83.8 Å². The molecule has 2 aromatic carbocycles. The van der Waals surface area contributed by atoms with Gasteiger partial charge in [0.1, 0.15) is 0 Å². The van der Waals surface area contributed by atoms with Gasteiger partial charge in [0.2, 0.25) is 0 Å². The van der Waals surface area contributed by atoms with E-state index in [1.807, 2.05) is 0 Å². The van der Waals surface area contributed by atoms with Crippen LogP contribution in [0, 0.1) is 11.8 Å². The second-order valence-electron chi connectivity index (χ2n) is 11.6. The van der Waals surface area contributed by atoms with Crippen LogP contribution < -0.4 is 0 Å². The van der Waals surface area contributed by atoms with E-state index >= 15 is 0 Å². The van der Waals surface area contributed by atoms with Crippen molar-refractivity contribution in [1.82, 2.24) is 0 Å². The number of benzene rings is 2. The van der Waals surface area contributed by atoms with Crippen LogP contribution in [0.3, 0.4) is 0 Å². The van der Waals surface area contributed by atoms with Crippen molar-refractivity contribution in [2.75, 3.05) is 0 Å². The zero-order valence-electron chi connectivity index (χ0n) is 23.2. The van der Waals surface area contributed by atoms with Gasteiger partial charge in [0, 0.05) is 0 Å². The highest BCUT2D eigenvalue weighted by atomic mass is 14.2. The topological polar surface area (TPSA) is 0 Å². The van der Waals surface area contributed by atoms with Crippen LogP contribution in [0.15, 0.2) is 60.7 Å². The molecule has 2 unspecified atom stereocenters. The molecule has 0 spiro atoms. The number of unbranched alkanes of at least 4 members (excludes halogenated alkanes) is 6. The molecule has 194 valence electrons. The van der Waals surface area contributed by atoms with Crippen LogP contribution in [0.25, 0.3) is 22.3 Å². The number of rotatable bonds is 13. The summed E-state index contributed by atoms with van der Waals surface area (Å²) in [6.07, 6.45) is 26.9. The summed E-state index contributed by atoms with van der Waals surface area (Å²) >= 11 is 0. The summed E-state index contributed by atoms with van der Waals surface area (Å²) in [4.78, 5) is 0. The van der Waals surface area contributed by atoms with Crippen molar-refractivity contribution < 1.29 is 0 Å². The van der Waals surface area contributed by atoms with E-state index in [0.717, 1.165) is 11.8 Å². The van der Waals surface area contributed by atoms with E-state index in [1.165, 1.54) is 125 Å². The fraction of sp³-hybridized carbons (Fsp3) is 0.556. The van der Waals surface area contributed by atoms with Crippen LogP contribution in [0.4, 0.5) is 0 Å². The van der Waals surface area contributed by atoms with E-state index in [-0.39, 0.29) is 0 Å². The molecule has 0 bridgehead atoms. The Bertz CT molecular complexity index is 956. The zero-order chi connectivity index (χ0) is 25.0. The average molecular weight is 483 g/mol. The van der Waals surface area contributed by atoms with Crippen molar-refractivity contribution in [2.24, 2.45) is 11.8 Å². The fourth-order valence-corrected chi connectivity index (χ4v) is 6.30. The molecule has 0 aliphatic heterocycles. The Morgan fingerprint density at radius 3 is 1.31 bits per heavy atom. The Kier molecular flexibility index (Phi) is 10.9. The maximum Gasteiger partial charge on any atom is -0.0184 e. The Morgan fingerprint density at radius 2 is 0.889 bits per heavy atom. The molecule has 2 aromatic rings.